The minimum Gasteiger partial charge on any atom is -0.392 e. The summed E-state index contributed by atoms with van der Waals surface area (Å²) in [5.74, 6) is 0.825. The predicted octanol–water partition coefficient (Wildman–Crippen LogP) is 8.81. The first-order valence-electron chi connectivity index (χ1n) is 20.3. The van der Waals surface area contributed by atoms with E-state index in [1.165, 1.54) is 154 Å². The molecule has 0 aromatic rings. The summed E-state index contributed by atoms with van der Waals surface area (Å²) >= 11 is 0. The van der Waals surface area contributed by atoms with Gasteiger partial charge in [-0.2, -0.15) is 0 Å². The summed E-state index contributed by atoms with van der Waals surface area (Å²) in [5.41, 5.74) is 1.77. The van der Waals surface area contributed by atoms with Crippen molar-refractivity contribution in [3.8, 4) is 0 Å². The Hall–Kier alpha value is -0.460. The number of piperidine rings is 2. The molecule has 0 amide bonds. The van der Waals surface area contributed by atoms with E-state index in [9.17, 15) is 10.2 Å². The summed E-state index contributed by atoms with van der Waals surface area (Å²) < 4.78 is 0. The van der Waals surface area contributed by atoms with E-state index in [4.69, 9.17) is 0 Å². The van der Waals surface area contributed by atoms with Crippen LogP contribution in [0.5, 0.6) is 0 Å². The summed E-state index contributed by atoms with van der Waals surface area (Å²) in [6, 6.07) is 2.66. The first-order valence-corrected chi connectivity index (χ1v) is 20.3. The topological polar surface area (TPSA) is 67.8 Å². The standard InChI is InChI=1S/C40H75N3O2/c1-32-39(44)27-25-36(41-32)22-17-13-9-5-3-7-11-15-20-34-30-35(38-24-19-29-43(38)31-34)21-16-12-8-4-6-10-14-18-23-37-26-28-40(45)33(2)42-37/h30,32-33,35-42,44-45H,3-29,31H2,1-2H3/t32-,33-,35?,36+,37+,38?,39-,40-/m0/s1. The van der Waals surface area contributed by atoms with Crippen molar-refractivity contribution in [3.63, 3.8) is 0 Å². The first-order chi connectivity index (χ1) is 22.0. The van der Waals surface area contributed by atoms with E-state index in [2.05, 4.69) is 35.5 Å². The Kier molecular flexibility index (Phi) is 17.8. The van der Waals surface area contributed by atoms with Gasteiger partial charge in [-0.15, -0.1) is 0 Å². The van der Waals surface area contributed by atoms with Gasteiger partial charge in [-0.1, -0.05) is 108 Å². The molecule has 8 atom stereocenters. The lowest BCUT2D eigenvalue weighted by Crippen LogP contribution is -2.48. The van der Waals surface area contributed by atoms with Crippen LogP contribution >= 0.6 is 0 Å². The molecule has 3 saturated heterocycles. The monoisotopic (exact) mass is 630 g/mol. The molecule has 0 aromatic carbocycles. The van der Waals surface area contributed by atoms with Gasteiger partial charge in [0.1, 0.15) is 0 Å². The minimum atomic E-state index is -0.142. The maximum absolute atomic E-state index is 9.89. The van der Waals surface area contributed by atoms with E-state index in [-0.39, 0.29) is 24.3 Å². The van der Waals surface area contributed by atoms with Crippen molar-refractivity contribution < 1.29 is 10.2 Å². The smallest absolute Gasteiger partial charge is 0.0691 e. The molecule has 0 aliphatic carbocycles. The molecule has 0 spiro atoms. The van der Waals surface area contributed by atoms with Crippen LogP contribution < -0.4 is 10.6 Å². The molecule has 4 rings (SSSR count). The van der Waals surface area contributed by atoms with Crippen LogP contribution in [0.3, 0.4) is 0 Å². The Morgan fingerprint density at radius 2 is 1.07 bits per heavy atom. The van der Waals surface area contributed by atoms with Crippen molar-refractivity contribution in [2.24, 2.45) is 5.92 Å². The molecule has 0 radical (unpaired) electrons. The molecule has 5 nitrogen and oxygen atoms in total. The van der Waals surface area contributed by atoms with Gasteiger partial charge in [0.05, 0.1) is 12.2 Å². The summed E-state index contributed by atoms with van der Waals surface area (Å²) in [4.78, 5) is 2.84. The Morgan fingerprint density at radius 3 is 1.58 bits per heavy atom. The van der Waals surface area contributed by atoms with E-state index in [0.29, 0.717) is 12.1 Å². The van der Waals surface area contributed by atoms with Crippen LogP contribution in [0.4, 0.5) is 0 Å². The van der Waals surface area contributed by atoms with Crippen molar-refractivity contribution in [3.05, 3.63) is 11.6 Å². The van der Waals surface area contributed by atoms with Gasteiger partial charge in [0.15, 0.2) is 0 Å². The molecule has 5 heteroatoms. The van der Waals surface area contributed by atoms with Gasteiger partial charge in [0.25, 0.3) is 0 Å². The van der Waals surface area contributed by atoms with E-state index >= 15 is 0 Å². The highest BCUT2D eigenvalue weighted by molar-refractivity contribution is 5.15. The average molecular weight is 630 g/mol. The predicted molar refractivity (Wildman–Crippen MR) is 192 cm³/mol. The number of rotatable bonds is 22. The van der Waals surface area contributed by atoms with Gasteiger partial charge in [0, 0.05) is 36.8 Å². The zero-order valence-electron chi connectivity index (χ0n) is 29.8. The fourth-order valence-electron chi connectivity index (χ4n) is 9.17. The number of aliphatic hydroxyl groups excluding tert-OH is 2. The zero-order valence-corrected chi connectivity index (χ0v) is 29.8. The van der Waals surface area contributed by atoms with Gasteiger partial charge in [0.2, 0.25) is 0 Å². The second-order valence-electron chi connectivity index (χ2n) is 16.0. The molecule has 0 saturated carbocycles. The molecule has 0 aromatic heterocycles. The third-order valence-electron chi connectivity index (χ3n) is 12.2. The lowest BCUT2D eigenvalue weighted by molar-refractivity contribution is 0.0848. The fraction of sp³-hybridized carbons (Fsp3) is 0.950. The summed E-state index contributed by atoms with van der Waals surface area (Å²) in [7, 11) is 0. The Labute approximate surface area is 279 Å². The van der Waals surface area contributed by atoms with Crippen LogP contribution in [0, 0.1) is 5.92 Å². The number of nitrogens with zero attached hydrogens (tertiary/aromatic N) is 1. The molecule has 262 valence electrons. The Morgan fingerprint density at radius 1 is 0.600 bits per heavy atom. The lowest BCUT2D eigenvalue weighted by atomic mass is 9.85. The van der Waals surface area contributed by atoms with Gasteiger partial charge in [-0.05, 0) is 96.9 Å². The van der Waals surface area contributed by atoms with Crippen molar-refractivity contribution in [1.82, 2.24) is 15.5 Å². The van der Waals surface area contributed by atoms with Gasteiger partial charge >= 0.3 is 0 Å². The SMILES string of the molecule is C[C@@H]1N[C@H](CCCCCCCCCCC2=CC(CCCCCCCCCC[C@@H]3CC[C@H](O)[C@H](C)N3)C3CCCN3C2)CC[C@@H]1O. The zero-order chi connectivity index (χ0) is 31.7. The normalized spacial score (nSPS) is 32.5. The number of nitrogens with one attached hydrogen (secondary N) is 2. The van der Waals surface area contributed by atoms with Crippen LogP contribution in [0.15, 0.2) is 11.6 Å². The van der Waals surface area contributed by atoms with E-state index in [0.717, 1.165) is 37.6 Å². The highest BCUT2D eigenvalue weighted by Gasteiger charge is 2.34. The minimum absolute atomic E-state index is 0.141. The first kappa shape index (κ1) is 37.4. The molecule has 4 N–H and O–H groups in total. The largest absolute Gasteiger partial charge is 0.392 e. The van der Waals surface area contributed by atoms with Crippen LogP contribution in [-0.4, -0.2) is 70.6 Å². The van der Waals surface area contributed by atoms with Crippen LogP contribution in [0.2, 0.25) is 0 Å². The molecule has 2 unspecified atom stereocenters. The Balaban J connectivity index is 0.963. The third-order valence-corrected chi connectivity index (χ3v) is 12.2. The average Bonchev–Trinajstić information content (AvgIpc) is 3.51. The van der Waals surface area contributed by atoms with Gasteiger partial charge < -0.3 is 20.8 Å². The van der Waals surface area contributed by atoms with E-state index in [1.807, 2.05) is 0 Å². The highest BCUT2D eigenvalue weighted by Crippen LogP contribution is 2.35. The van der Waals surface area contributed by atoms with Crippen LogP contribution in [0.25, 0.3) is 0 Å². The second kappa shape index (κ2) is 21.5. The van der Waals surface area contributed by atoms with Crippen molar-refractivity contribution >= 4 is 0 Å². The molecule has 4 aliphatic heterocycles. The molecule has 3 fully saturated rings. The van der Waals surface area contributed by atoms with Crippen molar-refractivity contribution in [2.45, 2.75) is 223 Å². The highest BCUT2D eigenvalue weighted by atomic mass is 16.3. The van der Waals surface area contributed by atoms with Crippen LogP contribution in [-0.2, 0) is 0 Å². The summed E-state index contributed by atoms with van der Waals surface area (Å²) in [6.07, 6.45) is 37.4. The van der Waals surface area contributed by atoms with E-state index < -0.39 is 0 Å². The van der Waals surface area contributed by atoms with E-state index in [1.54, 1.807) is 5.57 Å². The molecule has 45 heavy (non-hydrogen) atoms. The summed E-state index contributed by atoms with van der Waals surface area (Å²) in [5, 5.41) is 27.0. The second-order valence-corrected chi connectivity index (χ2v) is 16.0. The van der Waals surface area contributed by atoms with Crippen LogP contribution in [0.1, 0.15) is 181 Å². The van der Waals surface area contributed by atoms with Gasteiger partial charge in [-0.25, -0.2) is 0 Å². The Bertz CT molecular complexity index is 804. The summed E-state index contributed by atoms with van der Waals surface area (Å²) in [6.45, 7) is 6.86. The number of unbranched alkanes of at least 4 members (excludes halogenated alkanes) is 14. The van der Waals surface area contributed by atoms with Crippen molar-refractivity contribution in [1.29, 1.82) is 0 Å². The quantitative estimate of drug-likeness (QED) is 0.0712. The van der Waals surface area contributed by atoms with Gasteiger partial charge in [-0.3, -0.25) is 4.90 Å². The maximum atomic E-state index is 9.89. The molecular formula is C40H75N3O2. The number of fused-ring (bicyclic) bond motifs is 1. The number of hydrogen-bond donors (Lipinski definition) is 4. The molecule has 4 aliphatic rings. The lowest BCUT2D eigenvalue weighted by Gasteiger charge is -2.36. The molecule has 4 heterocycles. The molecule has 0 bridgehead atoms. The third kappa shape index (κ3) is 13.9. The molecular weight excluding hydrogens is 554 g/mol. The number of aliphatic hydroxyl groups is 2. The fourth-order valence-corrected chi connectivity index (χ4v) is 9.17. The van der Waals surface area contributed by atoms with Crippen molar-refractivity contribution in [2.75, 3.05) is 13.1 Å². The maximum Gasteiger partial charge on any atom is 0.0691 e. The number of hydrogen-bond acceptors (Lipinski definition) is 5.